The Morgan fingerprint density at radius 1 is 1.10 bits per heavy atom. The standard InChI is InChI=1S/C22H13Cl2NO5S/c23-13-6-5-12(17(24)9-13)11-25-20(26)19(31-22(25)29)10-14-7-8-18(30-14)15-3-1-2-4-16(15)21(27)28/h1-10H,11H2,(H,27,28)/b19-10-. The smallest absolute Gasteiger partial charge is 0.336 e. The van der Waals surface area contributed by atoms with Crippen molar-refractivity contribution < 1.29 is 23.9 Å². The molecule has 1 aliphatic rings. The van der Waals surface area contributed by atoms with E-state index in [9.17, 15) is 19.5 Å². The number of hydrogen-bond acceptors (Lipinski definition) is 5. The third-order valence-corrected chi connectivity index (χ3v) is 6.03. The lowest BCUT2D eigenvalue weighted by molar-refractivity contribution is -0.123. The van der Waals surface area contributed by atoms with E-state index >= 15 is 0 Å². The number of carboxylic acids is 1. The highest BCUT2D eigenvalue weighted by Crippen LogP contribution is 2.35. The Hall–Kier alpha value is -3.00. The minimum absolute atomic E-state index is 0.0212. The maximum atomic E-state index is 12.8. The number of carbonyl (C=O) groups excluding carboxylic acids is 2. The summed E-state index contributed by atoms with van der Waals surface area (Å²) in [6.45, 7) is 0.0212. The molecule has 0 aliphatic carbocycles. The van der Waals surface area contributed by atoms with Crippen molar-refractivity contribution in [3.05, 3.63) is 86.4 Å². The number of imide groups is 1. The maximum absolute atomic E-state index is 12.8. The number of furan rings is 1. The van der Waals surface area contributed by atoms with Crippen LogP contribution in [0.5, 0.6) is 0 Å². The van der Waals surface area contributed by atoms with Gasteiger partial charge in [0.25, 0.3) is 11.1 Å². The molecule has 1 N–H and O–H groups in total. The van der Waals surface area contributed by atoms with E-state index in [4.69, 9.17) is 27.6 Å². The van der Waals surface area contributed by atoms with Crippen LogP contribution in [0.1, 0.15) is 21.7 Å². The summed E-state index contributed by atoms with van der Waals surface area (Å²) in [7, 11) is 0. The first-order chi connectivity index (χ1) is 14.8. The molecule has 3 aromatic rings. The molecule has 156 valence electrons. The first-order valence-electron chi connectivity index (χ1n) is 8.95. The molecule has 0 radical (unpaired) electrons. The van der Waals surface area contributed by atoms with Gasteiger partial charge in [-0.3, -0.25) is 14.5 Å². The molecule has 0 unspecified atom stereocenters. The number of hydrogen-bond donors (Lipinski definition) is 1. The molecule has 2 heterocycles. The van der Waals surface area contributed by atoms with Crippen molar-refractivity contribution in [2.75, 3.05) is 0 Å². The van der Waals surface area contributed by atoms with Crippen LogP contribution in [0.4, 0.5) is 4.79 Å². The Kier molecular flexibility index (Phi) is 5.91. The Morgan fingerprint density at radius 2 is 1.87 bits per heavy atom. The largest absolute Gasteiger partial charge is 0.478 e. The van der Waals surface area contributed by atoms with E-state index in [0.717, 1.165) is 16.7 Å². The molecule has 1 fully saturated rings. The predicted octanol–water partition coefficient (Wildman–Crippen LogP) is 6.19. The van der Waals surface area contributed by atoms with Gasteiger partial charge in [0.2, 0.25) is 0 Å². The highest BCUT2D eigenvalue weighted by atomic mass is 35.5. The molecule has 1 aromatic heterocycles. The van der Waals surface area contributed by atoms with E-state index in [1.165, 1.54) is 12.1 Å². The summed E-state index contributed by atoms with van der Waals surface area (Å²) in [5.74, 6) is -0.873. The van der Waals surface area contributed by atoms with Crippen LogP contribution in [-0.4, -0.2) is 27.1 Å². The number of benzene rings is 2. The highest BCUT2D eigenvalue weighted by Gasteiger charge is 2.35. The molecule has 0 saturated carbocycles. The lowest BCUT2D eigenvalue weighted by atomic mass is 10.1. The lowest BCUT2D eigenvalue weighted by Gasteiger charge is -2.13. The number of nitrogens with zero attached hydrogens (tertiary/aromatic N) is 1. The van der Waals surface area contributed by atoms with E-state index in [2.05, 4.69) is 0 Å². The van der Waals surface area contributed by atoms with Gasteiger partial charge in [0, 0.05) is 21.7 Å². The fourth-order valence-electron chi connectivity index (χ4n) is 3.05. The summed E-state index contributed by atoms with van der Waals surface area (Å²) in [5.41, 5.74) is 1.11. The van der Waals surface area contributed by atoms with E-state index < -0.39 is 17.1 Å². The van der Waals surface area contributed by atoms with Crippen molar-refractivity contribution >= 4 is 58.2 Å². The second-order valence-electron chi connectivity index (χ2n) is 6.56. The summed E-state index contributed by atoms with van der Waals surface area (Å²) in [4.78, 5) is 37.8. The molecule has 2 amide bonds. The number of amides is 2. The van der Waals surface area contributed by atoms with Crippen molar-refractivity contribution in [1.82, 2.24) is 4.90 Å². The number of carbonyl (C=O) groups is 3. The predicted molar refractivity (Wildman–Crippen MR) is 119 cm³/mol. The average molecular weight is 474 g/mol. The fraction of sp³-hybridized carbons (Fsp3) is 0.0455. The Labute approximate surface area is 191 Å². The van der Waals surface area contributed by atoms with Gasteiger partial charge in [-0.1, -0.05) is 47.5 Å². The van der Waals surface area contributed by atoms with Crippen LogP contribution in [0, 0.1) is 0 Å². The molecule has 6 nitrogen and oxygen atoms in total. The quantitative estimate of drug-likeness (QED) is 0.444. The van der Waals surface area contributed by atoms with E-state index in [-0.39, 0.29) is 17.0 Å². The summed E-state index contributed by atoms with van der Waals surface area (Å²) < 4.78 is 5.72. The van der Waals surface area contributed by atoms with Crippen molar-refractivity contribution in [3.8, 4) is 11.3 Å². The SMILES string of the molecule is O=C(O)c1ccccc1-c1ccc(/C=C2\SC(=O)N(Cc3ccc(Cl)cc3Cl)C2=O)o1. The summed E-state index contributed by atoms with van der Waals surface area (Å²) in [5, 5.41) is 9.75. The Morgan fingerprint density at radius 3 is 2.61 bits per heavy atom. The molecule has 1 aliphatic heterocycles. The minimum atomic E-state index is -1.07. The van der Waals surface area contributed by atoms with Gasteiger partial charge < -0.3 is 9.52 Å². The Bertz CT molecular complexity index is 1250. The molecular formula is C22H13Cl2NO5S. The van der Waals surface area contributed by atoms with Crippen LogP contribution < -0.4 is 0 Å². The number of thioether (sulfide) groups is 1. The molecule has 31 heavy (non-hydrogen) atoms. The molecular weight excluding hydrogens is 461 g/mol. The van der Waals surface area contributed by atoms with Crippen LogP contribution >= 0.6 is 35.0 Å². The van der Waals surface area contributed by atoms with Gasteiger partial charge in [-0.05, 0) is 47.7 Å². The van der Waals surface area contributed by atoms with Gasteiger partial charge in [0.1, 0.15) is 11.5 Å². The van der Waals surface area contributed by atoms with E-state index in [1.807, 2.05) is 0 Å². The zero-order valence-electron chi connectivity index (χ0n) is 15.7. The van der Waals surface area contributed by atoms with Crippen LogP contribution in [-0.2, 0) is 11.3 Å². The summed E-state index contributed by atoms with van der Waals surface area (Å²) in [6.07, 6.45) is 1.46. The molecule has 0 bridgehead atoms. The fourth-order valence-corrected chi connectivity index (χ4v) is 4.33. The number of halogens is 2. The molecule has 0 atom stereocenters. The number of carboxylic acid groups (broad SMARTS) is 1. The maximum Gasteiger partial charge on any atom is 0.336 e. The van der Waals surface area contributed by atoms with Crippen molar-refractivity contribution in [1.29, 1.82) is 0 Å². The molecule has 9 heteroatoms. The third kappa shape index (κ3) is 4.39. The molecule has 1 saturated heterocycles. The van der Waals surface area contributed by atoms with Gasteiger partial charge in [-0.15, -0.1) is 0 Å². The van der Waals surface area contributed by atoms with Gasteiger partial charge in [0.15, 0.2) is 0 Å². The van der Waals surface area contributed by atoms with Crippen LogP contribution in [0.15, 0.2) is 63.9 Å². The van der Waals surface area contributed by atoms with Crippen LogP contribution in [0.3, 0.4) is 0 Å². The van der Waals surface area contributed by atoms with Gasteiger partial charge in [0.05, 0.1) is 17.0 Å². The minimum Gasteiger partial charge on any atom is -0.478 e. The first-order valence-corrected chi connectivity index (χ1v) is 10.5. The summed E-state index contributed by atoms with van der Waals surface area (Å²) in [6, 6.07) is 14.5. The normalized spacial score (nSPS) is 15.2. The van der Waals surface area contributed by atoms with Crippen LogP contribution in [0.25, 0.3) is 17.4 Å². The number of aromatic carboxylic acids is 1. The summed E-state index contributed by atoms with van der Waals surface area (Å²) >= 11 is 12.8. The van der Waals surface area contributed by atoms with E-state index in [0.29, 0.717) is 32.7 Å². The second-order valence-corrected chi connectivity index (χ2v) is 8.39. The Balaban J connectivity index is 1.57. The average Bonchev–Trinajstić information content (AvgIpc) is 3.30. The third-order valence-electron chi connectivity index (χ3n) is 4.54. The highest BCUT2D eigenvalue weighted by molar-refractivity contribution is 8.18. The van der Waals surface area contributed by atoms with Crippen molar-refractivity contribution in [3.63, 3.8) is 0 Å². The zero-order valence-corrected chi connectivity index (χ0v) is 18.0. The molecule has 0 spiro atoms. The first kappa shape index (κ1) is 21.2. The lowest BCUT2D eigenvalue weighted by Crippen LogP contribution is -2.27. The van der Waals surface area contributed by atoms with Gasteiger partial charge >= 0.3 is 5.97 Å². The van der Waals surface area contributed by atoms with Crippen molar-refractivity contribution in [2.45, 2.75) is 6.54 Å². The monoisotopic (exact) mass is 473 g/mol. The van der Waals surface area contributed by atoms with Crippen LogP contribution in [0.2, 0.25) is 10.0 Å². The molecule has 4 rings (SSSR count). The topological polar surface area (TPSA) is 87.8 Å². The second kappa shape index (κ2) is 8.63. The zero-order chi connectivity index (χ0) is 22.1. The number of rotatable bonds is 5. The van der Waals surface area contributed by atoms with Gasteiger partial charge in [-0.2, -0.15) is 0 Å². The molecule has 2 aromatic carbocycles. The van der Waals surface area contributed by atoms with Gasteiger partial charge in [-0.25, -0.2) is 4.79 Å². The van der Waals surface area contributed by atoms with E-state index in [1.54, 1.807) is 48.5 Å². The van der Waals surface area contributed by atoms with Crippen molar-refractivity contribution in [2.24, 2.45) is 0 Å².